The van der Waals surface area contributed by atoms with E-state index in [2.05, 4.69) is 26.1 Å². The Kier molecular flexibility index (Phi) is 2.78. The van der Waals surface area contributed by atoms with Crippen molar-refractivity contribution in [3.63, 3.8) is 0 Å². The standard InChI is InChI=1S/C6H13NSi/c1-4-8(3,5-2)6-7/h4-5H2,1-3H3. The van der Waals surface area contributed by atoms with Crippen LogP contribution in [0.25, 0.3) is 0 Å². The van der Waals surface area contributed by atoms with Crippen LogP contribution in [-0.2, 0) is 0 Å². The molecule has 0 spiro atoms. The van der Waals surface area contributed by atoms with Gasteiger partial charge in [-0.25, -0.2) is 5.26 Å². The van der Waals surface area contributed by atoms with Crippen molar-refractivity contribution in [1.29, 1.82) is 5.26 Å². The molecule has 0 unspecified atom stereocenters. The predicted molar refractivity (Wildman–Crippen MR) is 38.2 cm³/mol. The Morgan fingerprint density at radius 1 is 1.38 bits per heavy atom. The number of hydrogen-bond acceptors (Lipinski definition) is 1. The summed E-state index contributed by atoms with van der Waals surface area (Å²) >= 11 is 0. The average Bonchev–Trinajstić information content (AvgIpc) is 1.87. The Hall–Kier alpha value is -0.293. The molecule has 0 radical (unpaired) electrons. The molecule has 0 fully saturated rings. The van der Waals surface area contributed by atoms with Crippen molar-refractivity contribution < 1.29 is 0 Å². The van der Waals surface area contributed by atoms with Gasteiger partial charge in [0.15, 0.2) is 8.07 Å². The van der Waals surface area contributed by atoms with Crippen LogP contribution in [0.3, 0.4) is 0 Å². The summed E-state index contributed by atoms with van der Waals surface area (Å²) in [6.45, 7) is 6.35. The van der Waals surface area contributed by atoms with E-state index < -0.39 is 8.07 Å². The third-order valence-corrected chi connectivity index (χ3v) is 5.49. The molecule has 8 heavy (non-hydrogen) atoms. The summed E-state index contributed by atoms with van der Waals surface area (Å²) in [6, 6.07) is 2.19. The Morgan fingerprint density at radius 3 is 1.75 bits per heavy atom. The van der Waals surface area contributed by atoms with Crippen molar-refractivity contribution in [2.75, 3.05) is 0 Å². The fourth-order valence-electron chi connectivity index (χ4n) is 0.408. The first-order valence-corrected chi connectivity index (χ1v) is 6.01. The Bertz CT molecular complexity index is 99.6. The van der Waals surface area contributed by atoms with Crippen LogP contribution in [0, 0.1) is 11.0 Å². The van der Waals surface area contributed by atoms with Crippen LogP contribution in [0.2, 0.25) is 18.6 Å². The van der Waals surface area contributed by atoms with E-state index in [1.54, 1.807) is 0 Å². The van der Waals surface area contributed by atoms with Crippen LogP contribution in [0.1, 0.15) is 13.8 Å². The second-order valence-corrected chi connectivity index (χ2v) is 7.14. The van der Waals surface area contributed by atoms with E-state index in [1.165, 1.54) is 0 Å². The van der Waals surface area contributed by atoms with Gasteiger partial charge in [-0.05, 0) is 12.1 Å². The van der Waals surface area contributed by atoms with E-state index in [9.17, 15) is 0 Å². The third-order valence-electron chi connectivity index (χ3n) is 1.83. The summed E-state index contributed by atoms with van der Waals surface area (Å²) < 4.78 is 0. The maximum Gasteiger partial charge on any atom is 0.170 e. The fourth-order valence-corrected chi connectivity index (χ4v) is 1.22. The lowest BCUT2D eigenvalue weighted by atomic mass is 10.9. The second kappa shape index (κ2) is 2.88. The summed E-state index contributed by atoms with van der Waals surface area (Å²) in [6.07, 6.45) is 0. The lowest BCUT2D eigenvalue weighted by molar-refractivity contribution is 1.27. The fraction of sp³-hybridized carbons (Fsp3) is 0.833. The lowest BCUT2D eigenvalue weighted by Crippen LogP contribution is -2.24. The van der Waals surface area contributed by atoms with Crippen molar-refractivity contribution in [3.8, 4) is 5.69 Å². The van der Waals surface area contributed by atoms with Gasteiger partial charge in [-0.2, -0.15) is 0 Å². The topological polar surface area (TPSA) is 23.8 Å². The highest BCUT2D eigenvalue weighted by molar-refractivity contribution is 6.85. The van der Waals surface area contributed by atoms with Gasteiger partial charge >= 0.3 is 0 Å². The van der Waals surface area contributed by atoms with E-state index in [4.69, 9.17) is 5.26 Å². The summed E-state index contributed by atoms with van der Waals surface area (Å²) in [7, 11) is -1.37. The Labute approximate surface area is 52.3 Å². The van der Waals surface area contributed by atoms with Crippen molar-refractivity contribution in [3.05, 3.63) is 0 Å². The van der Waals surface area contributed by atoms with E-state index >= 15 is 0 Å². The van der Waals surface area contributed by atoms with Gasteiger partial charge in [0.2, 0.25) is 0 Å². The molecule has 1 nitrogen and oxygen atoms in total. The smallest absolute Gasteiger partial charge is 0.170 e. The third kappa shape index (κ3) is 1.67. The molecule has 0 bridgehead atoms. The molecule has 0 rings (SSSR count). The number of nitrogens with zero attached hydrogens (tertiary/aromatic N) is 1. The Morgan fingerprint density at radius 2 is 1.75 bits per heavy atom. The monoisotopic (exact) mass is 127 g/mol. The van der Waals surface area contributed by atoms with Crippen molar-refractivity contribution in [2.45, 2.75) is 32.5 Å². The first kappa shape index (κ1) is 7.71. The number of rotatable bonds is 2. The molecule has 0 heterocycles. The zero-order valence-electron chi connectivity index (χ0n) is 5.86. The van der Waals surface area contributed by atoms with Crippen molar-refractivity contribution >= 4 is 8.07 Å². The summed E-state index contributed by atoms with van der Waals surface area (Å²) in [5.74, 6) is 0. The molecule has 0 saturated carbocycles. The average molecular weight is 127 g/mol. The molecule has 0 aliphatic heterocycles. The minimum absolute atomic E-state index is 1.10. The van der Waals surface area contributed by atoms with Gasteiger partial charge in [0, 0.05) is 5.69 Å². The molecule has 0 atom stereocenters. The van der Waals surface area contributed by atoms with Crippen molar-refractivity contribution in [2.24, 2.45) is 0 Å². The van der Waals surface area contributed by atoms with Crippen LogP contribution in [0.5, 0.6) is 0 Å². The van der Waals surface area contributed by atoms with E-state index in [1.807, 2.05) is 0 Å². The molecule has 0 aliphatic carbocycles. The second-order valence-electron chi connectivity index (χ2n) is 2.38. The molecule has 0 aromatic heterocycles. The number of nitriles is 1. The highest BCUT2D eigenvalue weighted by Crippen LogP contribution is 2.11. The van der Waals surface area contributed by atoms with Gasteiger partial charge in [0.25, 0.3) is 0 Å². The molecule has 0 aliphatic rings. The maximum absolute atomic E-state index is 8.60. The zero-order chi connectivity index (χ0) is 6.62. The van der Waals surface area contributed by atoms with Crippen LogP contribution in [0.4, 0.5) is 0 Å². The van der Waals surface area contributed by atoms with Crippen LogP contribution in [-0.4, -0.2) is 8.07 Å². The first-order valence-electron chi connectivity index (χ1n) is 3.09. The van der Waals surface area contributed by atoms with Gasteiger partial charge in [0.05, 0.1) is 0 Å². The summed E-state index contributed by atoms with van der Waals surface area (Å²) in [5.41, 5.74) is 2.42. The quantitative estimate of drug-likeness (QED) is 0.521. The highest BCUT2D eigenvalue weighted by Gasteiger charge is 2.21. The SMILES string of the molecule is CC[Si](C)(C#N)CC. The minimum Gasteiger partial charge on any atom is -0.207 e. The molecule has 46 valence electrons. The highest BCUT2D eigenvalue weighted by atomic mass is 28.3. The van der Waals surface area contributed by atoms with Crippen LogP contribution in [0.15, 0.2) is 0 Å². The largest absolute Gasteiger partial charge is 0.207 e. The summed E-state index contributed by atoms with van der Waals surface area (Å²) in [4.78, 5) is 0. The molecule has 0 aromatic rings. The van der Waals surface area contributed by atoms with Gasteiger partial charge in [-0.3, -0.25) is 0 Å². The summed E-state index contributed by atoms with van der Waals surface area (Å²) in [5, 5.41) is 8.60. The predicted octanol–water partition coefficient (Wildman–Crippen LogP) is 2.17. The van der Waals surface area contributed by atoms with E-state index in [0.29, 0.717) is 0 Å². The van der Waals surface area contributed by atoms with Crippen LogP contribution < -0.4 is 0 Å². The first-order chi connectivity index (χ1) is 3.68. The molecule has 0 N–H and O–H groups in total. The molecule has 0 amide bonds. The van der Waals surface area contributed by atoms with E-state index in [0.717, 1.165) is 12.1 Å². The molecule has 2 heteroatoms. The molecule has 0 aromatic carbocycles. The van der Waals surface area contributed by atoms with Gasteiger partial charge in [-0.1, -0.05) is 20.4 Å². The maximum atomic E-state index is 8.60. The van der Waals surface area contributed by atoms with Crippen molar-refractivity contribution in [1.82, 2.24) is 0 Å². The zero-order valence-corrected chi connectivity index (χ0v) is 6.86. The Balaban J connectivity index is 3.83. The lowest BCUT2D eigenvalue weighted by Gasteiger charge is -2.10. The van der Waals surface area contributed by atoms with Gasteiger partial charge in [-0.15, -0.1) is 0 Å². The van der Waals surface area contributed by atoms with Gasteiger partial charge in [0.1, 0.15) is 0 Å². The van der Waals surface area contributed by atoms with Gasteiger partial charge < -0.3 is 0 Å². The molecular weight excluding hydrogens is 114 g/mol. The van der Waals surface area contributed by atoms with Crippen LogP contribution >= 0.6 is 0 Å². The van der Waals surface area contributed by atoms with E-state index in [-0.39, 0.29) is 0 Å². The minimum atomic E-state index is -1.37. The molecular formula is C6H13NSi. The molecule has 0 saturated heterocycles. The normalized spacial score (nSPS) is 10.8. The number of hydrogen-bond donors (Lipinski definition) is 0.